The molecule has 0 amide bonds. The Morgan fingerprint density at radius 3 is 2.89 bits per heavy atom. The van der Waals surface area contributed by atoms with E-state index in [-0.39, 0.29) is 0 Å². The maximum absolute atomic E-state index is 6.60. The molecule has 0 heterocycles. The van der Waals surface area contributed by atoms with Crippen molar-refractivity contribution in [2.45, 2.75) is 0 Å². The fraction of sp³-hybridized carbons (Fsp3) is 0. The van der Waals surface area contributed by atoms with Gasteiger partial charge in [-0.25, -0.2) is 0 Å². The van der Waals surface area contributed by atoms with Crippen LogP contribution in [0.1, 0.15) is 0 Å². The molecule has 0 saturated carbocycles. The lowest BCUT2D eigenvalue weighted by Crippen LogP contribution is -1.53. The number of hydrogen-bond donors (Lipinski definition) is 1. The SMILES string of the molecule is [2H]Oc1cccccc1=S. The van der Waals surface area contributed by atoms with Crippen molar-refractivity contribution in [1.29, 1.82) is 1.43 Å². The number of hydrogen-bond acceptors (Lipinski definition) is 2. The van der Waals surface area contributed by atoms with E-state index in [2.05, 4.69) is 5.11 Å². The summed E-state index contributed by atoms with van der Waals surface area (Å²) in [5.41, 5.74) is 0. The van der Waals surface area contributed by atoms with Crippen LogP contribution in [0.25, 0.3) is 0 Å². The molecule has 1 N–H and O–H groups in total. The van der Waals surface area contributed by atoms with Gasteiger partial charge in [-0.2, -0.15) is 0 Å². The first-order valence-electron chi connectivity index (χ1n) is 2.98. The molecule has 1 aromatic carbocycles. The Hall–Kier alpha value is -0.890. The Bertz CT molecular complexity index is 274. The highest BCUT2D eigenvalue weighted by Crippen LogP contribution is 2.06. The summed E-state index contributed by atoms with van der Waals surface area (Å²) in [6.45, 7) is 0. The van der Waals surface area contributed by atoms with Crippen molar-refractivity contribution in [3.63, 3.8) is 0 Å². The first-order chi connectivity index (χ1) is 4.84. The Kier molecular flexibility index (Phi) is 1.43. The second-order valence-corrected chi connectivity index (χ2v) is 2.08. The lowest BCUT2D eigenvalue weighted by atomic mass is 10.5. The largest absolute Gasteiger partial charge is 0.506 e. The monoisotopic (exact) mass is 139 g/mol. The van der Waals surface area contributed by atoms with Gasteiger partial charge in [0.15, 0.2) is 0 Å². The van der Waals surface area contributed by atoms with Gasteiger partial charge in [0.1, 0.15) is 5.75 Å². The molecule has 0 aliphatic carbocycles. The van der Waals surface area contributed by atoms with Crippen LogP contribution >= 0.6 is 12.2 Å². The maximum Gasteiger partial charge on any atom is 0.293 e. The Labute approximate surface area is 60.1 Å². The quantitative estimate of drug-likeness (QED) is 0.601. The molecule has 0 fully saturated rings. The minimum absolute atomic E-state index is 0.417. The Morgan fingerprint density at radius 2 is 2.11 bits per heavy atom. The van der Waals surface area contributed by atoms with Gasteiger partial charge < -0.3 is 5.11 Å². The second-order valence-electron chi connectivity index (χ2n) is 1.64. The van der Waals surface area contributed by atoms with E-state index in [0.717, 1.165) is 0 Å². The first kappa shape index (κ1) is 4.94. The van der Waals surface area contributed by atoms with Gasteiger partial charge in [0, 0.05) is 0 Å². The fourth-order valence-electron chi connectivity index (χ4n) is 0.514. The van der Waals surface area contributed by atoms with Crippen molar-refractivity contribution in [2.24, 2.45) is 0 Å². The van der Waals surface area contributed by atoms with E-state index in [0.29, 0.717) is 10.3 Å². The van der Waals surface area contributed by atoms with Gasteiger partial charge in [-0.3, -0.25) is 0 Å². The van der Waals surface area contributed by atoms with Crippen LogP contribution in [0.4, 0.5) is 0 Å². The maximum atomic E-state index is 6.60. The molecular formula is C7H6OS. The third-order valence-electron chi connectivity index (χ3n) is 0.960. The highest BCUT2D eigenvalue weighted by atomic mass is 32.1. The van der Waals surface area contributed by atoms with Crippen LogP contribution in [0.5, 0.6) is 5.75 Å². The molecule has 46 valence electrons. The van der Waals surface area contributed by atoms with E-state index in [1.807, 2.05) is 12.1 Å². The third-order valence-corrected chi connectivity index (χ3v) is 1.30. The summed E-state index contributed by atoms with van der Waals surface area (Å²) in [6.07, 6.45) is 0. The molecule has 0 saturated heterocycles. The standard InChI is InChI=1S/C7H6OS/c8-6-4-2-1-3-5-7(6)9/h1-5H,(H,8,9)/i/hD. The summed E-state index contributed by atoms with van der Waals surface area (Å²) >= 11 is 4.87. The summed E-state index contributed by atoms with van der Waals surface area (Å²) in [6, 6.07) is 8.80. The summed E-state index contributed by atoms with van der Waals surface area (Å²) in [5.74, 6) is 0.417. The smallest absolute Gasteiger partial charge is 0.293 e. The molecule has 0 aromatic heterocycles. The van der Waals surface area contributed by atoms with Gasteiger partial charge in [-0.15, -0.1) is 0 Å². The average Bonchev–Trinajstić information content (AvgIpc) is 2.13. The minimum atomic E-state index is 0.417. The van der Waals surface area contributed by atoms with Gasteiger partial charge in [-0.05, 0) is 12.1 Å². The van der Waals surface area contributed by atoms with Gasteiger partial charge in [0.2, 0.25) is 0 Å². The molecule has 0 radical (unpaired) electrons. The van der Waals surface area contributed by atoms with E-state index in [1.54, 1.807) is 18.2 Å². The Morgan fingerprint density at radius 1 is 1.33 bits per heavy atom. The second kappa shape index (κ2) is 2.60. The van der Waals surface area contributed by atoms with E-state index >= 15 is 0 Å². The Balaban J connectivity index is 3.28. The van der Waals surface area contributed by atoms with E-state index in [9.17, 15) is 0 Å². The summed E-state index contributed by atoms with van der Waals surface area (Å²) in [5, 5.41) is 4.25. The highest BCUT2D eigenvalue weighted by Gasteiger charge is 1.81. The third kappa shape index (κ3) is 1.50. The zero-order valence-electron chi connectivity index (χ0n) is 5.70. The summed E-state index contributed by atoms with van der Waals surface area (Å²) in [7, 11) is 0. The first-order valence-corrected chi connectivity index (χ1v) is 2.98. The predicted molar refractivity (Wildman–Crippen MR) is 38.9 cm³/mol. The van der Waals surface area contributed by atoms with E-state index < -0.39 is 0 Å². The molecule has 0 aliphatic rings. The van der Waals surface area contributed by atoms with Crippen molar-refractivity contribution >= 4 is 12.2 Å². The average molecular weight is 139 g/mol. The number of aromatic hydroxyl groups is 1. The van der Waals surface area contributed by atoms with Crippen LogP contribution in [0.2, 0.25) is 0 Å². The topological polar surface area (TPSA) is 20.2 Å². The van der Waals surface area contributed by atoms with Crippen molar-refractivity contribution in [3.05, 3.63) is 34.8 Å². The molecule has 2 heteroatoms. The minimum Gasteiger partial charge on any atom is -0.506 e. The predicted octanol–water partition coefficient (Wildman–Crippen LogP) is 2.12. The molecule has 9 heavy (non-hydrogen) atoms. The van der Waals surface area contributed by atoms with Crippen LogP contribution in [0, 0.1) is 4.51 Å². The van der Waals surface area contributed by atoms with Gasteiger partial charge >= 0.3 is 0 Å². The van der Waals surface area contributed by atoms with Crippen LogP contribution in [-0.2, 0) is 0 Å². The normalized spacial score (nSPS) is 10.0. The molecule has 1 aromatic rings. The highest BCUT2D eigenvalue weighted by molar-refractivity contribution is 7.71. The number of rotatable bonds is 1. The molecule has 0 aliphatic heterocycles. The van der Waals surface area contributed by atoms with Crippen molar-refractivity contribution < 1.29 is 5.11 Å². The molecule has 0 spiro atoms. The zero-order valence-corrected chi connectivity index (χ0v) is 5.52. The molecule has 0 atom stereocenters. The van der Waals surface area contributed by atoms with Gasteiger partial charge in [0.05, 0.1) is 4.51 Å². The van der Waals surface area contributed by atoms with Gasteiger partial charge in [0.25, 0.3) is 1.43 Å². The molecule has 1 nitrogen and oxygen atoms in total. The summed E-state index contributed by atoms with van der Waals surface area (Å²) in [4.78, 5) is 0. The van der Waals surface area contributed by atoms with Crippen LogP contribution in [-0.4, -0.2) is 6.54 Å². The molecular weight excluding hydrogens is 132 g/mol. The molecule has 0 bridgehead atoms. The van der Waals surface area contributed by atoms with Gasteiger partial charge in [-0.1, -0.05) is 30.4 Å². The van der Waals surface area contributed by atoms with Crippen molar-refractivity contribution in [1.82, 2.24) is 0 Å². The molecule has 0 unspecified atom stereocenters. The lowest BCUT2D eigenvalue weighted by molar-refractivity contribution is 0.474. The lowest BCUT2D eigenvalue weighted by Gasteiger charge is -1.77. The van der Waals surface area contributed by atoms with Crippen LogP contribution in [0.3, 0.4) is 0 Å². The van der Waals surface area contributed by atoms with E-state index in [1.165, 1.54) is 0 Å². The fourth-order valence-corrected chi connectivity index (χ4v) is 0.661. The van der Waals surface area contributed by atoms with Crippen LogP contribution < -0.4 is 0 Å². The molecule has 1 rings (SSSR count). The summed E-state index contributed by atoms with van der Waals surface area (Å²) < 4.78 is 7.16. The zero-order chi connectivity index (χ0) is 7.40. The van der Waals surface area contributed by atoms with E-state index in [4.69, 9.17) is 13.6 Å². The van der Waals surface area contributed by atoms with Crippen molar-refractivity contribution in [2.75, 3.05) is 0 Å². The van der Waals surface area contributed by atoms with Crippen LogP contribution in [0.15, 0.2) is 30.3 Å². The van der Waals surface area contributed by atoms with Crippen molar-refractivity contribution in [3.8, 4) is 5.75 Å².